The molecule has 21 heavy (non-hydrogen) atoms. The molecule has 0 radical (unpaired) electrons. The Morgan fingerprint density at radius 2 is 2.05 bits per heavy atom. The SMILES string of the molecule is COCCNC(=O)[C@H](C)OC(=O)CSc1ccccc1C. The van der Waals surface area contributed by atoms with Gasteiger partial charge in [0.05, 0.1) is 12.4 Å². The topological polar surface area (TPSA) is 64.6 Å². The molecule has 116 valence electrons. The first-order valence-electron chi connectivity index (χ1n) is 6.69. The van der Waals surface area contributed by atoms with Crippen molar-refractivity contribution in [2.45, 2.75) is 24.8 Å². The Bertz CT molecular complexity index is 478. The highest BCUT2D eigenvalue weighted by atomic mass is 32.2. The Balaban J connectivity index is 2.33. The molecule has 0 saturated carbocycles. The van der Waals surface area contributed by atoms with E-state index in [0.717, 1.165) is 10.5 Å². The monoisotopic (exact) mass is 311 g/mol. The molecule has 0 spiro atoms. The van der Waals surface area contributed by atoms with Crippen molar-refractivity contribution in [3.05, 3.63) is 29.8 Å². The molecule has 1 amide bonds. The number of amides is 1. The summed E-state index contributed by atoms with van der Waals surface area (Å²) in [6, 6.07) is 7.81. The van der Waals surface area contributed by atoms with Gasteiger partial charge in [-0.05, 0) is 25.5 Å². The normalized spacial score (nSPS) is 11.8. The van der Waals surface area contributed by atoms with Crippen LogP contribution in [0.4, 0.5) is 0 Å². The molecule has 5 nitrogen and oxygen atoms in total. The van der Waals surface area contributed by atoms with E-state index in [9.17, 15) is 9.59 Å². The van der Waals surface area contributed by atoms with E-state index in [1.165, 1.54) is 11.8 Å². The zero-order valence-corrected chi connectivity index (χ0v) is 13.4. The summed E-state index contributed by atoms with van der Waals surface area (Å²) in [6.45, 7) is 4.36. The largest absolute Gasteiger partial charge is 0.452 e. The van der Waals surface area contributed by atoms with Crippen LogP contribution in [0, 0.1) is 6.92 Å². The number of esters is 1. The number of hydrogen-bond donors (Lipinski definition) is 1. The molecular formula is C15H21NO4S. The van der Waals surface area contributed by atoms with Crippen LogP contribution in [0.25, 0.3) is 0 Å². The lowest BCUT2D eigenvalue weighted by Crippen LogP contribution is -2.37. The molecule has 1 aromatic carbocycles. The minimum absolute atomic E-state index is 0.181. The van der Waals surface area contributed by atoms with Gasteiger partial charge in [-0.1, -0.05) is 18.2 Å². The smallest absolute Gasteiger partial charge is 0.317 e. The van der Waals surface area contributed by atoms with E-state index < -0.39 is 12.1 Å². The van der Waals surface area contributed by atoms with Crippen molar-refractivity contribution >= 4 is 23.6 Å². The lowest BCUT2D eigenvalue weighted by Gasteiger charge is -2.13. The van der Waals surface area contributed by atoms with E-state index in [-0.39, 0.29) is 11.7 Å². The van der Waals surface area contributed by atoms with E-state index in [4.69, 9.17) is 9.47 Å². The molecule has 1 rings (SSSR count). The van der Waals surface area contributed by atoms with Crippen molar-refractivity contribution in [3.8, 4) is 0 Å². The third-order valence-electron chi connectivity index (χ3n) is 2.72. The molecule has 0 aliphatic rings. The standard InChI is InChI=1S/C15H21NO4S/c1-11-6-4-5-7-13(11)21-10-14(17)20-12(2)15(18)16-8-9-19-3/h4-7,12H,8-10H2,1-3H3,(H,16,18)/t12-/m0/s1. The number of hydrogen-bond acceptors (Lipinski definition) is 5. The molecule has 1 N–H and O–H groups in total. The van der Waals surface area contributed by atoms with Gasteiger partial charge in [0.15, 0.2) is 6.10 Å². The molecule has 0 aliphatic carbocycles. The number of ether oxygens (including phenoxy) is 2. The van der Waals surface area contributed by atoms with E-state index in [1.807, 2.05) is 31.2 Å². The molecule has 0 aliphatic heterocycles. The first kappa shape index (κ1) is 17.5. The molecule has 1 atom stereocenters. The lowest BCUT2D eigenvalue weighted by molar-refractivity contribution is -0.152. The molecule has 0 heterocycles. The Kier molecular flexibility index (Phi) is 7.85. The fourth-order valence-electron chi connectivity index (χ4n) is 1.56. The van der Waals surface area contributed by atoms with Gasteiger partial charge in [0, 0.05) is 18.6 Å². The molecular weight excluding hydrogens is 290 g/mol. The van der Waals surface area contributed by atoms with Gasteiger partial charge in [-0.25, -0.2) is 0 Å². The van der Waals surface area contributed by atoms with E-state index >= 15 is 0 Å². The number of nitrogens with one attached hydrogen (secondary N) is 1. The van der Waals surface area contributed by atoms with Crippen LogP contribution in [0.3, 0.4) is 0 Å². The van der Waals surface area contributed by atoms with Crippen LogP contribution in [0.2, 0.25) is 0 Å². The van der Waals surface area contributed by atoms with Gasteiger partial charge in [-0.3, -0.25) is 9.59 Å². The Labute approximate surface area is 129 Å². The lowest BCUT2D eigenvalue weighted by atomic mass is 10.2. The molecule has 0 bridgehead atoms. The van der Waals surface area contributed by atoms with Gasteiger partial charge < -0.3 is 14.8 Å². The number of carbonyl (C=O) groups excluding carboxylic acids is 2. The summed E-state index contributed by atoms with van der Waals surface area (Å²) in [5.74, 6) is -0.542. The van der Waals surface area contributed by atoms with Gasteiger partial charge in [0.1, 0.15) is 0 Å². The summed E-state index contributed by atoms with van der Waals surface area (Å²) in [7, 11) is 1.55. The van der Waals surface area contributed by atoms with Crippen molar-refractivity contribution in [3.63, 3.8) is 0 Å². The summed E-state index contributed by atoms with van der Waals surface area (Å²) in [5.41, 5.74) is 1.11. The van der Waals surface area contributed by atoms with Crippen LogP contribution in [-0.2, 0) is 19.1 Å². The van der Waals surface area contributed by atoms with Crippen molar-refractivity contribution in [2.75, 3.05) is 26.0 Å². The van der Waals surface area contributed by atoms with E-state index in [2.05, 4.69) is 5.32 Å². The predicted octanol–water partition coefficient (Wildman–Crippen LogP) is 1.78. The average Bonchev–Trinajstić information content (AvgIpc) is 2.46. The average molecular weight is 311 g/mol. The van der Waals surface area contributed by atoms with Crippen LogP contribution in [-0.4, -0.2) is 44.0 Å². The van der Waals surface area contributed by atoms with Crippen molar-refractivity contribution < 1.29 is 19.1 Å². The Hall–Kier alpha value is -1.53. The number of benzene rings is 1. The first-order valence-corrected chi connectivity index (χ1v) is 7.67. The van der Waals surface area contributed by atoms with Crippen LogP contribution >= 0.6 is 11.8 Å². The van der Waals surface area contributed by atoms with Crippen molar-refractivity contribution in [1.29, 1.82) is 0 Å². The molecule has 1 aromatic rings. The quantitative estimate of drug-likeness (QED) is 0.450. The minimum Gasteiger partial charge on any atom is -0.452 e. The highest BCUT2D eigenvalue weighted by Gasteiger charge is 2.17. The zero-order valence-electron chi connectivity index (χ0n) is 12.5. The zero-order chi connectivity index (χ0) is 15.7. The maximum Gasteiger partial charge on any atom is 0.317 e. The van der Waals surface area contributed by atoms with Crippen molar-refractivity contribution in [2.24, 2.45) is 0 Å². The summed E-state index contributed by atoms with van der Waals surface area (Å²) in [4.78, 5) is 24.4. The number of thioether (sulfide) groups is 1. The van der Waals surface area contributed by atoms with E-state index in [0.29, 0.717) is 13.2 Å². The fourth-order valence-corrected chi connectivity index (χ4v) is 2.37. The van der Waals surface area contributed by atoms with Gasteiger partial charge in [-0.15, -0.1) is 11.8 Å². The Morgan fingerprint density at radius 1 is 1.33 bits per heavy atom. The minimum atomic E-state index is -0.799. The molecule has 0 saturated heterocycles. The van der Waals surface area contributed by atoms with Gasteiger partial charge in [-0.2, -0.15) is 0 Å². The van der Waals surface area contributed by atoms with Crippen molar-refractivity contribution in [1.82, 2.24) is 5.32 Å². The summed E-state index contributed by atoms with van der Waals surface area (Å²) in [6.07, 6.45) is -0.799. The second kappa shape index (κ2) is 9.41. The fraction of sp³-hybridized carbons (Fsp3) is 0.467. The third-order valence-corrected chi connectivity index (χ3v) is 3.87. The van der Waals surface area contributed by atoms with E-state index in [1.54, 1.807) is 14.0 Å². The number of carbonyl (C=O) groups is 2. The summed E-state index contributed by atoms with van der Waals surface area (Å²) >= 11 is 1.40. The number of rotatable bonds is 8. The van der Waals surface area contributed by atoms with Crippen LogP contribution in [0.15, 0.2) is 29.2 Å². The third kappa shape index (κ3) is 6.64. The van der Waals surface area contributed by atoms with Gasteiger partial charge in [0.2, 0.25) is 0 Å². The maximum absolute atomic E-state index is 11.7. The second-order valence-electron chi connectivity index (χ2n) is 4.47. The summed E-state index contributed by atoms with van der Waals surface area (Å²) in [5, 5.41) is 2.62. The van der Waals surface area contributed by atoms with Crippen LogP contribution in [0.1, 0.15) is 12.5 Å². The number of aryl methyl sites for hydroxylation is 1. The molecule has 0 fully saturated rings. The van der Waals surface area contributed by atoms with Crippen LogP contribution in [0.5, 0.6) is 0 Å². The number of methoxy groups -OCH3 is 1. The van der Waals surface area contributed by atoms with Gasteiger partial charge in [0.25, 0.3) is 5.91 Å². The second-order valence-corrected chi connectivity index (χ2v) is 5.49. The molecule has 0 unspecified atom stereocenters. The summed E-state index contributed by atoms with van der Waals surface area (Å²) < 4.78 is 9.92. The molecule has 6 heteroatoms. The Morgan fingerprint density at radius 3 is 2.71 bits per heavy atom. The van der Waals surface area contributed by atoms with Crippen LogP contribution < -0.4 is 5.32 Å². The maximum atomic E-state index is 11.7. The highest BCUT2D eigenvalue weighted by molar-refractivity contribution is 8.00. The first-order chi connectivity index (χ1) is 10.0. The highest BCUT2D eigenvalue weighted by Crippen LogP contribution is 2.21. The van der Waals surface area contributed by atoms with Gasteiger partial charge >= 0.3 is 5.97 Å². The molecule has 0 aromatic heterocycles. The predicted molar refractivity (Wildman–Crippen MR) is 82.3 cm³/mol.